The van der Waals surface area contributed by atoms with Gasteiger partial charge in [-0.25, -0.2) is 0 Å². The Labute approximate surface area is 109 Å². The van der Waals surface area contributed by atoms with Crippen LogP contribution in [0.15, 0.2) is 12.1 Å². The lowest BCUT2D eigenvalue weighted by Crippen LogP contribution is -2.47. The lowest BCUT2D eigenvalue weighted by Gasteiger charge is -2.32. The van der Waals surface area contributed by atoms with Crippen LogP contribution in [0.3, 0.4) is 0 Å². The number of hydrogen-bond donors (Lipinski definition) is 1. The first-order valence-electron chi connectivity index (χ1n) is 6.22. The Morgan fingerprint density at radius 1 is 1.16 bits per heavy atom. The molecule has 0 unspecified atom stereocenters. The van der Waals surface area contributed by atoms with Gasteiger partial charge in [0.1, 0.15) is 6.61 Å². The van der Waals surface area contributed by atoms with Gasteiger partial charge in [-0.2, -0.15) is 13.2 Å². The van der Waals surface area contributed by atoms with Crippen molar-refractivity contribution in [3.8, 4) is 5.88 Å². The first-order chi connectivity index (χ1) is 8.89. The predicted octanol–water partition coefficient (Wildman–Crippen LogP) is 2.54. The molecule has 0 saturated heterocycles. The number of nitrogens with zero attached hydrogens (tertiary/aromatic N) is 2. The third kappa shape index (κ3) is 3.79. The van der Waals surface area contributed by atoms with Gasteiger partial charge in [-0.05, 0) is 18.9 Å². The molecule has 0 aromatic carbocycles. The first-order valence-corrected chi connectivity index (χ1v) is 6.22. The first kappa shape index (κ1) is 14.0. The molecule has 1 aromatic heterocycles. The molecule has 1 fully saturated rings. The normalized spacial score (nSPS) is 19.2. The summed E-state index contributed by atoms with van der Waals surface area (Å²) < 4.78 is 42.2. The van der Waals surface area contributed by atoms with Crippen molar-refractivity contribution in [2.24, 2.45) is 5.73 Å². The van der Waals surface area contributed by atoms with Crippen LogP contribution in [-0.2, 0) is 6.18 Å². The Bertz CT molecular complexity index is 413. The van der Waals surface area contributed by atoms with Gasteiger partial charge in [-0.15, -0.1) is 10.2 Å². The van der Waals surface area contributed by atoms with Crippen molar-refractivity contribution < 1.29 is 17.9 Å². The van der Waals surface area contributed by atoms with Crippen LogP contribution in [0.25, 0.3) is 0 Å². The summed E-state index contributed by atoms with van der Waals surface area (Å²) in [5, 5.41) is 6.51. The maximum atomic E-state index is 12.3. The van der Waals surface area contributed by atoms with E-state index in [2.05, 4.69) is 10.2 Å². The van der Waals surface area contributed by atoms with E-state index in [1.807, 2.05) is 0 Å². The quantitative estimate of drug-likeness (QED) is 0.920. The third-order valence-corrected chi connectivity index (χ3v) is 3.29. The standard InChI is InChI=1S/C12H16F3N3O/c13-12(14,15)9-4-5-10(18-17-9)19-8-11(16)6-2-1-3-7-11/h4-5H,1-3,6-8,16H2. The van der Waals surface area contributed by atoms with Crippen molar-refractivity contribution in [3.05, 3.63) is 17.8 Å². The van der Waals surface area contributed by atoms with Crippen molar-refractivity contribution in [2.45, 2.75) is 43.8 Å². The van der Waals surface area contributed by atoms with E-state index < -0.39 is 17.4 Å². The van der Waals surface area contributed by atoms with Crippen LogP contribution in [0, 0.1) is 0 Å². The van der Waals surface area contributed by atoms with Crippen LogP contribution >= 0.6 is 0 Å². The van der Waals surface area contributed by atoms with Crippen LogP contribution in [-0.4, -0.2) is 22.3 Å². The molecule has 2 N–H and O–H groups in total. The van der Waals surface area contributed by atoms with E-state index in [9.17, 15) is 13.2 Å². The van der Waals surface area contributed by atoms with Crippen molar-refractivity contribution in [1.82, 2.24) is 10.2 Å². The molecule has 1 saturated carbocycles. The molecule has 106 valence electrons. The second-order valence-electron chi connectivity index (χ2n) is 4.97. The van der Waals surface area contributed by atoms with Gasteiger partial charge in [-0.1, -0.05) is 19.3 Å². The molecular formula is C12H16F3N3O. The van der Waals surface area contributed by atoms with Gasteiger partial charge in [0, 0.05) is 6.07 Å². The Morgan fingerprint density at radius 2 is 1.84 bits per heavy atom. The molecule has 0 atom stereocenters. The third-order valence-electron chi connectivity index (χ3n) is 3.29. The Balaban J connectivity index is 1.93. The van der Waals surface area contributed by atoms with Gasteiger partial charge < -0.3 is 10.5 Å². The van der Waals surface area contributed by atoms with Crippen molar-refractivity contribution in [2.75, 3.05) is 6.61 Å². The van der Waals surface area contributed by atoms with Crippen molar-refractivity contribution in [3.63, 3.8) is 0 Å². The van der Waals surface area contributed by atoms with E-state index in [0.29, 0.717) is 0 Å². The second kappa shape index (κ2) is 5.32. The van der Waals surface area contributed by atoms with E-state index >= 15 is 0 Å². The fourth-order valence-corrected chi connectivity index (χ4v) is 2.17. The fourth-order valence-electron chi connectivity index (χ4n) is 2.17. The van der Waals surface area contributed by atoms with Crippen LogP contribution < -0.4 is 10.5 Å². The average molecular weight is 275 g/mol. The topological polar surface area (TPSA) is 61.0 Å². The van der Waals surface area contributed by atoms with E-state index in [0.717, 1.165) is 31.7 Å². The lowest BCUT2D eigenvalue weighted by molar-refractivity contribution is -0.141. The smallest absolute Gasteiger partial charge is 0.435 e. The van der Waals surface area contributed by atoms with Crippen LogP contribution in [0.1, 0.15) is 37.8 Å². The summed E-state index contributed by atoms with van der Waals surface area (Å²) in [7, 11) is 0. The molecule has 0 spiro atoms. The zero-order chi connectivity index (χ0) is 13.9. The van der Waals surface area contributed by atoms with Gasteiger partial charge in [-0.3, -0.25) is 0 Å². The molecule has 1 aliphatic rings. The van der Waals surface area contributed by atoms with E-state index in [4.69, 9.17) is 10.5 Å². The summed E-state index contributed by atoms with van der Waals surface area (Å²) in [5.41, 5.74) is 4.72. The Hall–Kier alpha value is -1.37. The SMILES string of the molecule is NC1(COc2ccc(C(F)(F)F)nn2)CCCCC1. The maximum Gasteiger partial charge on any atom is 0.435 e. The largest absolute Gasteiger partial charge is 0.475 e. The minimum Gasteiger partial charge on any atom is -0.475 e. The van der Waals surface area contributed by atoms with Gasteiger partial charge in [0.25, 0.3) is 0 Å². The summed E-state index contributed by atoms with van der Waals surface area (Å²) in [4.78, 5) is 0. The number of nitrogens with two attached hydrogens (primary N) is 1. The zero-order valence-corrected chi connectivity index (χ0v) is 10.4. The Kier molecular flexibility index (Phi) is 3.93. The zero-order valence-electron chi connectivity index (χ0n) is 10.4. The summed E-state index contributed by atoms with van der Waals surface area (Å²) in [6.07, 6.45) is 0.516. The van der Waals surface area contributed by atoms with E-state index in [-0.39, 0.29) is 12.5 Å². The lowest BCUT2D eigenvalue weighted by atomic mass is 9.83. The van der Waals surface area contributed by atoms with Gasteiger partial charge in [0.15, 0.2) is 5.69 Å². The van der Waals surface area contributed by atoms with Crippen LogP contribution in [0.2, 0.25) is 0 Å². The van der Waals surface area contributed by atoms with E-state index in [1.165, 1.54) is 12.5 Å². The molecule has 0 aliphatic heterocycles. The predicted molar refractivity (Wildman–Crippen MR) is 62.5 cm³/mol. The van der Waals surface area contributed by atoms with Gasteiger partial charge in [0.2, 0.25) is 5.88 Å². The number of alkyl halides is 3. The molecule has 0 amide bonds. The average Bonchev–Trinajstić information content (AvgIpc) is 2.37. The van der Waals surface area contributed by atoms with Crippen molar-refractivity contribution >= 4 is 0 Å². The number of halogens is 3. The molecule has 0 radical (unpaired) electrons. The highest BCUT2D eigenvalue weighted by atomic mass is 19.4. The highest BCUT2D eigenvalue weighted by Gasteiger charge is 2.33. The monoisotopic (exact) mass is 275 g/mol. The van der Waals surface area contributed by atoms with Gasteiger partial charge in [0.05, 0.1) is 5.54 Å². The molecule has 1 aromatic rings. The van der Waals surface area contributed by atoms with E-state index in [1.54, 1.807) is 0 Å². The summed E-state index contributed by atoms with van der Waals surface area (Å²) >= 11 is 0. The Morgan fingerprint density at radius 3 is 2.37 bits per heavy atom. The minimum atomic E-state index is -4.48. The summed E-state index contributed by atoms with van der Waals surface area (Å²) in [6, 6.07) is 2.02. The number of rotatable bonds is 3. The fraction of sp³-hybridized carbons (Fsp3) is 0.667. The van der Waals surface area contributed by atoms with Crippen LogP contribution in [0.5, 0.6) is 5.88 Å². The van der Waals surface area contributed by atoms with Crippen LogP contribution in [0.4, 0.5) is 13.2 Å². The number of ether oxygens (including phenoxy) is 1. The molecule has 19 heavy (non-hydrogen) atoms. The second-order valence-corrected chi connectivity index (χ2v) is 4.97. The molecule has 7 heteroatoms. The highest BCUT2D eigenvalue weighted by Crippen LogP contribution is 2.28. The molecule has 1 heterocycles. The maximum absolute atomic E-state index is 12.3. The molecule has 2 rings (SSSR count). The summed E-state index contributed by atoms with van der Waals surface area (Å²) in [5.74, 6) is 0.0726. The summed E-state index contributed by atoms with van der Waals surface area (Å²) in [6.45, 7) is 0.257. The highest BCUT2D eigenvalue weighted by molar-refractivity contribution is 5.13. The number of hydrogen-bond acceptors (Lipinski definition) is 4. The van der Waals surface area contributed by atoms with Gasteiger partial charge >= 0.3 is 6.18 Å². The van der Waals surface area contributed by atoms with Crippen molar-refractivity contribution in [1.29, 1.82) is 0 Å². The molecular weight excluding hydrogens is 259 g/mol. The number of aromatic nitrogens is 2. The molecule has 4 nitrogen and oxygen atoms in total. The molecule has 1 aliphatic carbocycles. The minimum absolute atomic E-state index is 0.0726. The molecule has 0 bridgehead atoms.